The van der Waals surface area contributed by atoms with Crippen LogP contribution in [0, 0.1) is 11.8 Å². The molecule has 3 rings (SSSR count). The van der Waals surface area contributed by atoms with Gasteiger partial charge in [-0.1, -0.05) is 15.9 Å². The van der Waals surface area contributed by atoms with E-state index in [-0.39, 0.29) is 18.1 Å². The molecule has 1 aromatic carbocycles. The fourth-order valence-corrected chi connectivity index (χ4v) is 4.15. The van der Waals surface area contributed by atoms with Gasteiger partial charge in [-0.3, -0.25) is 4.79 Å². The summed E-state index contributed by atoms with van der Waals surface area (Å²) in [5.41, 5.74) is 6.84. The summed E-state index contributed by atoms with van der Waals surface area (Å²) >= 11 is 3.47. The summed E-state index contributed by atoms with van der Waals surface area (Å²) in [6, 6.07) is 5.85. The van der Waals surface area contributed by atoms with Crippen LogP contribution in [0.3, 0.4) is 0 Å². The minimum Gasteiger partial charge on any atom is -0.491 e. The number of fused-ring (bicyclic) bond motifs is 1. The van der Waals surface area contributed by atoms with Gasteiger partial charge in [0.15, 0.2) is 0 Å². The molecule has 2 aliphatic rings. The lowest BCUT2D eigenvalue weighted by atomic mass is 9.98. The first-order chi connectivity index (χ1) is 10.4. The van der Waals surface area contributed by atoms with Crippen LogP contribution in [0.4, 0.5) is 0 Å². The summed E-state index contributed by atoms with van der Waals surface area (Å²) in [6.07, 6.45) is 2.33. The maximum atomic E-state index is 12.8. The van der Waals surface area contributed by atoms with Gasteiger partial charge in [0.2, 0.25) is 0 Å². The van der Waals surface area contributed by atoms with Crippen molar-refractivity contribution in [3.05, 3.63) is 28.2 Å². The minimum absolute atomic E-state index is 0.0801. The number of ether oxygens (including phenoxy) is 1. The van der Waals surface area contributed by atoms with E-state index in [1.807, 2.05) is 36.9 Å². The molecule has 0 spiro atoms. The third kappa shape index (κ3) is 3.15. The first-order valence-electron chi connectivity index (χ1n) is 7.96. The average Bonchev–Trinajstić information content (AvgIpc) is 2.99. The molecule has 2 fully saturated rings. The Labute approximate surface area is 140 Å². The summed E-state index contributed by atoms with van der Waals surface area (Å²) in [6.45, 7) is 5.58. The first-order valence-corrected chi connectivity index (χ1v) is 8.75. The summed E-state index contributed by atoms with van der Waals surface area (Å²) < 4.78 is 6.59. The number of amides is 1. The molecule has 0 radical (unpaired) electrons. The van der Waals surface area contributed by atoms with Gasteiger partial charge in [-0.2, -0.15) is 0 Å². The predicted molar refractivity (Wildman–Crippen MR) is 90.0 cm³/mol. The summed E-state index contributed by atoms with van der Waals surface area (Å²) in [5.74, 6) is 1.86. The molecule has 4 nitrogen and oxygen atoms in total. The van der Waals surface area contributed by atoms with Crippen molar-refractivity contribution in [3.8, 4) is 5.75 Å². The molecule has 3 unspecified atom stereocenters. The standard InChI is InChI=1S/C17H23BrN2O2/c1-10(2)22-14-6-12(5-13(18)7-14)17(21)20-8-11-3-4-16(19)15(11)9-20/h5-7,10-11,15-16H,3-4,8-9,19H2,1-2H3. The Morgan fingerprint density at radius 1 is 1.32 bits per heavy atom. The number of carbonyl (C=O) groups is 1. The van der Waals surface area contributed by atoms with E-state index in [1.165, 1.54) is 0 Å². The number of carbonyl (C=O) groups excluding carboxylic acids is 1. The Bertz CT molecular complexity index is 576. The molecule has 1 aliphatic heterocycles. The van der Waals surface area contributed by atoms with Crippen LogP contribution in [0.15, 0.2) is 22.7 Å². The van der Waals surface area contributed by atoms with Crippen molar-refractivity contribution in [3.63, 3.8) is 0 Å². The van der Waals surface area contributed by atoms with Crippen LogP contribution in [0.2, 0.25) is 0 Å². The smallest absolute Gasteiger partial charge is 0.254 e. The highest BCUT2D eigenvalue weighted by molar-refractivity contribution is 9.10. The highest BCUT2D eigenvalue weighted by atomic mass is 79.9. The van der Waals surface area contributed by atoms with Gasteiger partial charge in [-0.15, -0.1) is 0 Å². The van der Waals surface area contributed by atoms with Gasteiger partial charge >= 0.3 is 0 Å². The van der Waals surface area contributed by atoms with Crippen LogP contribution in [0.25, 0.3) is 0 Å². The number of nitrogens with zero attached hydrogens (tertiary/aromatic N) is 1. The van der Waals surface area contributed by atoms with Gasteiger partial charge < -0.3 is 15.4 Å². The lowest BCUT2D eigenvalue weighted by molar-refractivity contribution is 0.0778. The van der Waals surface area contributed by atoms with Crippen LogP contribution in [0.1, 0.15) is 37.0 Å². The number of halogens is 1. The lowest BCUT2D eigenvalue weighted by Gasteiger charge is -2.19. The van der Waals surface area contributed by atoms with Crippen LogP contribution in [0.5, 0.6) is 5.75 Å². The summed E-state index contributed by atoms with van der Waals surface area (Å²) in [7, 11) is 0. The van der Waals surface area contributed by atoms with Gasteiger partial charge in [-0.25, -0.2) is 0 Å². The van der Waals surface area contributed by atoms with E-state index in [2.05, 4.69) is 15.9 Å². The largest absolute Gasteiger partial charge is 0.491 e. The third-order valence-electron chi connectivity index (χ3n) is 4.69. The predicted octanol–water partition coefficient (Wildman–Crippen LogP) is 3.05. The van der Waals surface area contributed by atoms with E-state index < -0.39 is 0 Å². The Balaban J connectivity index is 1.76. The van der Waals surface area contributed by atoms with E-state index >= 15 is 0 Å². The molecule has 2 N–H and O–H groups in total. The second-order valence-electron chi connectivity index (χ2n) is 6.72. The topological polar surface area (TPSA) is 55.6 Å². The van der Waals surface area contributed by atoms with Crippen molar-refractivity contribution in [1.29, 1.82) is 0 Å². The Morgan fingerprint density at radius 2 is 2.09 bits per heavy atom. The molecular formula is C17H23BrN2O2. The van der Waals surface area contributed by atoms with Crippen molar-refractivity contribution in [1.82, 2.24) is 4.90 Å². The molecule has 1 amide bonds. The van der Waals surface area contributed by atoms with Gasteiger partial charge in [0.25, 0.3) is 5.91 Å². The monoisotopic (exact) mass is 366 g/mol. The Kier molecular flexibility index (Phi) is 4.46. The quantitative estimate of drug-likeness (QED) is 0.894. The van der Waals surface area contributed by atoms with E-state index in [9.17, 15) is 4.79 Å². The fourth-order valence-electron chi connectivity index (χ4n) is 3.68. The molecule has 1 heterocycles. The van der Waals surface area contributed by atoms with Gasteiger partial charge in [0.05, 0.1) is 6.10 Å². The Morgan fingerprint density at radius 3 is 2.77 bits per heavy atom. The number of nitrogens with two attached hydrogens (primary N) is 1. The SMILES string of the molecule is CC(C)Oc1cc(Br)cc(C(=O)N2CC3CCC(N)C3C2)c1. The highest BCUT2D eigenvalue weighted by Gasteiger charge is 2.42. The molecule has 0 aromatic heterocycles. The van der Waals surface area contributed by atoms with Crippen LogP contribution >= 0.6 is 15.9 Å². The van der Waals surface area contributed by atoms with Crippen LogP contribution in [-0.4, -0.2) is 36.0 Å². The lowest BCUT2D eigenvalue weighted by Crippen LogP contribution is -2.33. The molecule has 1 saturated carbocycles. The van der Waals surface area contributed by atoms with Gasteiger partial charge in [-0.05, 0) is 56.7 Å². The number of rotatable bonds is 3. The minimum atomic E-state index is 0.0801. The van der Waals surface area contributed by atoms with E-state index in [4.69, 9.17) is 10.5 Å². The maximum absolute atomic E-state index is 12.8. The van der Waals surface area contributed by atoms with Crippen molar-refractivity contribution in [2.75, 3.05) is 13.1 Å². The van der Waals surface area contributed by atoms with Crippen molar-refractivity contribution in [2.45, 2.75) is 38.8 Å². The summed E-state index contributed by atoms with van der Waals surface area (Å²) in [4.78, 5) is 14.7. The molecule has 120 valence electrons. The first kappa shape index (κ1) is 15.8. The average molecular weight is 367 g/mol. The van der Waals surface area contributed by atoms with Crippen LogP contribution < -0.4 is 10.5 Å². The molecule has 5 heteroatoms. The zero-order valence-corrected chi connectivity index (χ0v) is 14.7. The summed E-state index contributed by atoms with van der Waals surface area (Å²) in [5, 5.41) is 0. The van der Waals surface area contributed by atoms with Crippen molar-refractivity contribution < 1.29 is 9.53 Å². The third-order valence-corrected chi connectivity index (χ3v) is 5.15. The molecule has 1 aliphatic carbocycles. The zero-order valence-electron chi connectivity index (χ0n) is 13.1. The van der Waals surface area contributed by atoms with Gasteiger partial charge in [0, 0.05) is 29.2 Å². The number of hydrogen-bond acceptors (Lipinski definition) is 3. The van der Waals surface area contributed by atoms with Gasteiger partial charge in [0.1, 0.15) is 5.75 Å². The Hall–Kier alpha value is -1.07. The number of likely N-dealkylation sites (tertiary alicyclic amines) is 1. The molecule has 1 aromatic rings. The second-order valence-corrected chi connectivity index (χ2v) is 7.63. The van der Waals surface area contributed by atoms with E-state index in [0.717, 1.165) is 36.2 Å². The normalized spacial score (nSPS) is 27.3. The molecule has 0 bridgehead atoms. The van der Waals surface area contributed by atoms with Crippen molar-refractivity contribution >= 4 is 21.8 Å². The zero-order chi connectivity index (χ0) is 15.9. The fraction of sp³-hybridized carbons (Fsp3) is 0.588. The number of hydrogen-bond donors (Lipinski definition) is 1. The van der Waals surface area contributed by atoms with E-state index in [1.54, 1.807) is 0 Å². The molecule has 1 saturated heterocycles. The molecular weight excluding hydrogens is 344 g/mol. The molecule has 3 atom stereocenters. The van der Waals surface area contributed by atoms with Crippen LogP contribution in [-0.2, 0) is 0 Å². The molecule has 22 heavy (non-hydrogen) atoms. The van der Waals surface area contributed by atoms with E-state index in [0.29, 0.717) is 17.4 Å². The highest BCUT2D eigenvalue weighted by Crippen LogP contribution is 2.38. The second kappa shape index (κ2) is 6.20. The maximum Gasteiger partial charge on any atom is 0.254 e. The van der Waals surface area contributed by atoms with Crippen molar-refractivity contribution in [2.24, 2.45) is 17.6 Å². The number of benzene rings is 1.